The molecular weight excluding hydrogens is 601 g/mol. The Morgan fingerprint density at radius 3 is 2.20 bits per heavy atom. The van der Waals surface area contributed by atoms with Gasteiger partial charge in [0.25, 0.3) is 5.89 Å². The molecule has 9 nitrogen and oxygen atoms in total. The van der Waals surface area contributed by atoms with Crippen LogP contribution in [-0.2, 0) is 34.8 Å². The molecule has 0 unspecified atom stereocenters. The lowest BCUT2D eigenvalue weighted by molar-refractivity contribution is -0.143. The largest absolute Gasteiger partial charge is 0.416 e. The van der Waals surface area contributed by atoms with Crippen LogP contribution in [0.3, 0.4) is 0 Å². The highest BCUT2D eigenvalue weighted by atomic mass is 19.4. The predicted molar refractivity (Wildman–Crippen MR) is 139 cm³/mol. The monoisotopic (exact) mass is 622 g/mol. The number of alkyl halides is 6. The minimum absolute atomic E-state index is 0.0395. The van der Waals surface area contributed by atoms with Gasteiger partial charge in [-0.25, -0.2) is 14.4 Å². The summed E-state index contributed by atoms with van der Waals surface area (Å²) in [5.41, 5.74) is -2.74. The van der Waals surface area contributed by atoms with E-state index in [1.54, 1.807) is 12.4 Å². The third-order valence-electron chi connectivity index (χ3n) is 7.35. The summed E-state index contributed by atoms with van der Waals surface area (Å²) in [5, 5.41) is 7.79. The van der Waals surface area contributed by atoms with Crippen LogP contribution < -0.4 is 9.80 Å². The molecule has 1 spiro atoms. The zero-order valence-electron chi connectivity index (χ0n) is 22.5. The first-order chi connectivity index (χ1) is 20.8. The molecule has 6 rings (SSSR count). The standard InChI is InChI=1S/C28H21F7N6O3/c29-18-3-5-19(6-4-18)41(23(42)7-16-1-2-17(27(30,31)32)8-21(16)28(33,34)35)11-22-38-39-25(44-22)24-36-9-20(10-37-24)40-12-26(13-40)14-43-15-26/h1-6,8-10H,7,11-15H2. The Hall–Kier alpha value is -4.60. The number of carbonyl (C=O) groups excluding carboxylic acids is 1. The highest BCUT2D eigenvalue weighted by Gasteiger charge is 2.49. The molecule has 0 aliphatic carbocycles. The quantitative estimate of drug-likeness (QED) is 0.256. The van der Waals surface area contributed by atoms with E-state index in [0.717, 1.165) is 49.0 Å². The smallest absolute Gasteiger partial charge is 0.416 e. The molecule has 4 aromatic rings. The zero-order valence-corrected chi connectivity index (χ0v) is 22.5. The molecule has 0 N–H and O–H groups in total. The number of halogens is 7. The molecule has 0 bridgehead atoms. The minimum Gasteiger partial charge on any atom is -0.416 e. The molecule has 4 heterocycles. The average Bonchev–Trinajstić information content (AvgIpc) is 3.39. The fourth-order valence-corrected chi connectivity index (χ4v) is 5.03. The number of nitrogens with zero attached hydrogens (tertiary/aromatic N) is 6. The van der Waals surface area contributed by atoms with Crippen molar-refractivity contribution in [3.63, 3.8) is 0 Å². The number of benzene rings is 2. The van der Waals surface area contributed by atoms with Crippen molar-refractivity contribution in [3.8, 4) is 11.7 Å². The third kappa shape index (κ3) is 5.93. The van der Waals surface area contributed by atoms with E-state index in [1.165, 1.54) is 12.1 Å². The normalized spacial score (nSPS) is 16.0. The summed E-state index contributed by atoms with van der Waals surface area (Å²) < 4.78 is 105. The molecule has 2 aliphatic rings. The topological polar surface area (TPSA) is 97.5 Å². The van der Waals surface area contributed by atoms with Crippen molar-refractivity contribution in [1.82, 2.24) is 20.2 Å². The van der Waals surface area contributed by atoms with Gasteiger partial charge >= 0.3 is 12.4 Å². The number of ether oxygens (including phenoxy) is 1. The van der Waals surface area contributed by atoms with E-state index in [9.17, 15) is 35.5 Å². The van der Waals surface area contributed by atoms with E-state index in [1.807, 2.05) is 0 Å². The summed E-state index contributed by atoms with van der Waals surface area (Å²) in [4.78, 5) is 24.9. The molecule has 2 aromatic heterocycles. The van der Waals surface area contributed by atoms with E-state index in [4.69, 9.17) is 9.15 Å². The van der Waals surface area contributed by atoms with E-state index in [2.05, 4.69) is 25.1 Å². The lowest BCUT2D eigenvalue weighted by Gasteiger charge is -2.55. The Morgan fingerprint density at radius 1 is 0.932 bits per heavy atom. The minimum atomic E-state index is -5.17. The van der Waals surface area contributed by atoms with Crippen LogP contribution in [-0.4, -0.2) is 52.4 Å². The van der Waals surface area contributed by atoms with Gasteiger partial charge in [0.1, 0.15) is 12.4 Å². The van der Waals surface area contributed by atoms with Crippen LogP contribution in [0.5, 0.6) is 0 Å². The zero-order chi connectivity index (χ0) is 31.3. The fraction of sp³-hybridized carbons (Fsp3) is 0.321. The molecule has 2 aromatic carbocycles. The molecule has 2 aliphatic heterocycles. The number of anilines is 2. The highest BCUT2D eigenvalue weighted by molar-refractivity contribution is 5.94. The van der Waals surface area contributed by atoms with Gasteiger partial charge in [-0.1, -0.05) is 6.07 Å². The summed E-state index contributed by atoms with van der Waals surface area (Å²) in [5.74, 6) is -1.74. The van der Waals surface area contributed by atoms with Crippen LogP contribution in [0.4, 0.5) is 42.1 Å². The Morgan fingerprint density at radius 2 is 1.61 bits per heavy atom. The summed E-state index contributed by atoms with van der Waals surface area (Å²) in [6.45, 7) is 2.64. The van der Waals surface area contributed by atoms with Gasteiger partial charge < -0.3 is 19.0 Å². The van der Waals surface area contributed by atoms with E-state index in [0.29, 0.717) is 12.1 Å². The van der Waals surface area contributed by atoms with Gasteiger partial charge in [-0.3, -0.25) is 4.79 Å². The number of hydrogen-bond donors (Lipinski definition) is 0. The second-order valence-electron chi connectivity index (χ2n) is 10.6. The highest BCUT2D eigenvalue weighted by Crippen LogP contribution is 2.40. The van der Waals surface area contributed by atoms with Gasteiger partial charge in [-0.15, -0.1) is 10.2 Å². The first kappa shape index (κ1) is 29.5. The fourth-order valence-electron chi connectivity index (χ4n) is 5.03. The number of amides is 1. The molecule has 2 saturated heterocycles. The Labute approximate surface area is 244 Å². The first-order valence-corrected chi connectivity index (χ1v) is 13.1. The lowest BCUT2D eigenvalue weighted by atomic mass is 9.78. The van der Waals surface area contributed by atoms with Crippen LogP contribution in [0, 0.1) is 11.2 Å². The molecule has 44 heavy (non-hydrogen) atoms. The van der Waals surface area contributed by atoms with Crippen molar-refractivity contribution in [2.45, 2.75) is 25.3 Å². The molecule has 1 amide bonds. The number of rotatable bonds is 7. The molecule has 2 fully saturated rings. The first-order valence-electron chi connectivity index (χ1n) is 13.1. The van der Waals surface area contributed by atoms with Gasteiger partial charge in [0, 0.05) is 18.8 Å². The average molecular weight is 623 g/mol. The molecule has 0 saturated carbocycles. The number of carbonyl (C=O) groups is 1. The van der Waals surface area contributed by atoms with Crippen molar-refractivity contribution >= 4 is 17.3 Å². The Kier molecular flexibility index (Phi) is 7.26. The SMILES string of the molecule is O=C(Cc1ccc(C(F)(F)F)cc1C(F)(F)F)N(Cc1nnc(-c2ncc(N3CC4(COC4)C3)cn2)o1)c1ccc(F)cc1. The van der Waals surface area contributed by atoms with Crippen molar-refractivity contribution in [1.29, 1.82) is 0 Å². The van der Waals surface area contributed by atoms with Crippen LogP contribution in [0.25, 0.3) is 11.7 Å². The van der Waals surface area contributed by atoms with Gasteiger partial charge in [-0.05, 0) is 42.0 Å². The maximum Gasteiger partial charge on any atom is 0.416 e. The van der Waals surface area contributed by atoms with Crippen LogP contribution in [0.2, 0.25) is 0 Å². The molecule has 230 valence electrons. The third-order valence-corrected chi connectivity index (χ3v) is 7.35. The maximum absolute atomic E-state index is 13.7. The van der Waals surface area contributed by atoms with Crippen molar-refractivity contribution in [2.75, 3.05) is 36.1 Å². The van der Waals surface area contributed by atoms with Gasteiger partial charge in [-0.2, -0.15) is 26.3 Å². The van der Waals surface area contributed by atoms with E-state index in [-0.39, 0.29) is 34.8 Å². The van der Waals surface area contributed by atoms with Crippen LogP contribution >= 0.6 is 0 Å². The summed E-state index contributed by atoms with van der Waals surface area (Å²) in [6, 6.07) is 5.51. The molecular formula is C28H21F7N6O3. The van der Waals surface area contributed by atoms with E-state index >= 15 is 0 Å². The van der Waals surface area contributed by atoms with Gasteiger partial charge in [0.05, 0.1) is 54.3 Å². The van der Waals surface area contributed by atoms with Crippen molar-refractivity contribution < 1.29 is 44.7 Å². The maximum atomic E-state index is 13.7. The predicted octanol–water partition coefficient (Wildman–Crippen LogP) is 5.32. The van der Waals surface area contributed by atoms with Crippen LogP contribution in [0.15, 0.2) is 59.3 Å². The van der Waals surface area contributed by atoms with Crippen molar-refractivity contribution in [2.24, 2.45) is 5.41 Å². The summed E-state index contributed by atoms with van der Waals surface area (Å²) in [6.07, 6.45) is -7.94. The molecule has 0 atom stereocenters. The van der Waals surface area contributed by atoms with Crippen LogP contribution in [0.1, 0.15) is 22.6 Å². The molecule has 16 heteroatoms. The Bertz CT molecular complexity index is 1660. The summed E-state index contributed by atoms with van der Waals surface area (Å²) in [7, 11) is 0. The van der Waals surface area contributed by atoms with Gasteiger partial charge in [0.2, 0.25) is 17.6 Å². The lowest BCUT2D eigenvalue weighted by Crippen LogP contribution is -2.66. The number of aromatic nitrogens is 4. The second kappa shape index (κ2) is 10.8. The number of hydrogen-bond acceptors (Lipinski definition) is 8. The summed E-state index contributed by atoms with van der Waals surface area (Å²) >= 11 is 0. The van der Waals surface area contributed by atoms with Crippen molar-refractivity contribution in [3.05, 3.63) is 83.3 Å². The second-order valence-corrected chi connectivity index (χ2v) is 10.6. The van der Waals surface area contributed by atoms with Gasteiger partial charge in [0.15, 0.2) is 0 Å². The van der Waals surface area contributed by atoms with E-state index < -0.39 is 53.7 Å². The Balaban J connectivity index is 1.22. The molecule has 0 radical (unpaired) electrons.